The van der Waals surface area contributed by atoms with Crippen molar-refractivity contribution >= 4 is 11.8 Å². The fourth-order valence-electron chi connectivity index (χ4n) is 3.67. The highest BCUT2D eigenvalue weighted by atomic mass is 16.7. The van der Waals surface area contributed by atoms with Gasteiger partial charge in [-0.1, -0.05) is 55.5 Å². The predicted octanol–water partition coefficient (Wildman–Crippen LogP) is 5.07. The number of rotatable bonds is 9. The Kier molecular flexibility index (Phi) is 6.40. The minimum atomic E-state index is -0.917. The lowest BCUT2D eigenvalue weighted by Gasteiger charge is -2.19. The number of benzene rings is 3. The molecule has 2 atom stereocenters. The van der Waals surface area contributed by atoms with E-state index in [4.69, 9.17) is 14.2 Å². The smallest absolute Gasteiger partial charge is 0.306 e. The summed E-state index contributed by atoms with van der Waals surface area (Å²) in [6.07, 6.45) is 0.223. The van der Waals surface area contributed by atoms with Crippen molar-refractivity contribution in [2.24, 2.45) is 5.92 Å². The zero-order valence-corrected chi connectivity index (χ0v) is 17.7. The van der Waals surface area contributed by atoms with Gasteiger partial charge in [0.25, 0.3) is 0 Å². The first kappa shape index (κ1) is 21.4. The molecule has 6 nitrogen and oxygen atoms in total. The lowest BCUT2D eigenvalue weighted by molar-refractivity contribution is -0.141. The highest BCUT2D eigenvalue weighted by Crippen LogP contribution is 2.33. The van der Waals surface area contributed by atoms with Gasteiger partial charge in [-0.2, -0.15) is 0 Å². The molecule has 3 aromatic rings. The number of ether oxygens (including phenoxy) is 3. The third kappa shape index (κ3) is 4.91. The second-order valence-electron chi connectivity index (χ2n) is 7.81. The zero-order valence-electron chi connectivity index (χ0n) is 17.7. The van der Waals surface area contributed by atoms with Gasteiger partial charge in [-0.25, -0.2) is 0 Å². The van der Waals surface area contributed by atoms with E-state index in [2.05, 4.69) is 0 Å². The van der Waals surface area contributed by atoms with Crippen LogP contribution in [0.3, 0.4) is 0 Å². The van der Waals surface area contributed by atoms with E-state index in [1.807, 2.05) is 48.5 Å². The fourth-order valence-corrected chi connectivity index (χ4v) is 3.67. The van der Waals surface area contributed by atoms with Crippen LogP contribution in [0.15, 0.2) is 72.8 Å². The summed E-state index contributed by atoms with van der Waals surface area (Å²) in [6, 6.07) is 21.9. The van der Waals surface area contributed by atoms with Crippen molar-refractivity contribution in [3.63, 3.8) is 0 Å². The summed E-state index contributed by atoms with van der Waals surface area (Å²) in [5.74, 6) is -0.276. The van der Waals surface area contributed by atoms with Crippen LogP contribution in [0.2, 0.25) is 0 Å². The maximum absolute atomic E-state index is 13.4. The maximum atomic E-state index is 13.4. The standard InChI is InChI=1S/C26H24O6/c1-17(26(28)29)12-22(19-6-3-2-4-7-19)25(27)20-8-5-9-21(14-20)30-15-18-10-11-23-24(13-18)32-16-31-23/h2-11,13-14,17,22H,12,15-16H2,1H3,(H,28,29). The summed E-state index contributed by atoms with van der Waals surface area (Å²) < 4.78 is 16.6. The molecule has 0 aromatic heterocycles. The third-order valence-corrected chi connectivity index (χ3v) is 5.49. The Balaban J connectivity index is 1.51. The van der Waals surface area contributed by atoms with Gasteiger partial charge in [0.1, 0.15) is 12.4 Å². The van der Waals surface area contributed by atoms with E-state index in [0.717, 1.165) is 11.1 Å². The molecular formula is C26H24O6. The van der Waals surface area contributed by atoms with Crippen LogP contribution in [0.1, 0.15) is 40.7 Å². The maximum Gasteiger partial charge on any atom is 0.306 e. The van der Waals surface area contributed by atoms with E-state index in [0.29, 0.717) is 29.4 Å². The van der Waals surface area contributed by atoms with Crippen molar-refractivity contribution in [3.8, 4) is 17.2 Å². The highest BCUT2D eigenvalue weighted by Gasteiger charge is 2.27. The van der Waals surface area contributed by atoms with Crippen LogP contribution in [-0.4, -0.2) is 23.7 Å². The lowest BCUT2D eigenvalue weighted by Crippen LogP contribution is -2.20. The first-order valence-corrected chi connectivity index (χ1v) is 10.4. The molecular weight excluding hydrogens is 408 g/mol. The summed E-state index contributed by atoms with van der Waals surface area (Å²) in [6.45, 7) is 2.15. The summed E-state index contributed by atoms with van der Waals surface area (Å²) in [7, 11) is 0. The van der Waals surface area contributed by atoms with Gasteiger partial charge in [0.05, 0.1) is 5.92 Å². The van der Waals surface area contributed by atoms with E-state index in [-0.39, 0.29) is 19.0 Å². The summed E-state index contributed by atoms with van der Waals surface area (Å²) in [4.78, 5) is 24.8. The average Bonchev–Trinajstić information content (AvgIpc) is 3.29. The monoisotopic (exact) mass is 432 g/mol. The fraction of sp³-hybridized carbons (Fsp3) is 0.231. The van der Waals surface area contributed by atoms with Gasteiger partial charge in [-0.15, -0.1) is 0 Å². The number of carbonyl (C=O) groups excluding carboxylic acids is 1. The van der Waals surface area contributed by atoms with Gasteiger partial charge in [0, 0.05) is 11.5 Å². The Bertz CT molecular complexity index is 1110. The zero-order chi connectivity index (χ0) is 22.5. The number of fused-ring (bicyclic) bond motifs is 1. The molecule has 1 N–H and O–H groups in total. The largest absolute Gasteiger partial charge is 0.489 e. The number of aliphatic carboxylic acids is 1. The SMILES string of the molecule is CC(CC(C(=O)c1cccc(OCc2ccc3c(c2)OCO3)c1)c1ccccc1)C(=O)O. The molecule has 1 aliphatic rings. The van der Waals surface area contributed by atoms with E-state index < -0.39 is 17.8 Å². The number of hydrogen-bond acceptors (Lipinski definition) is 5. The van der Waals surface area contributed by atoms with Crippen molar-refractivity contribution < 1.29 is 28.9 Å². The second-order valence-corrected chi connectivity index (χ2v) is 7.81. The Morgan fingerprint density at radius 3 is 2.53 bits per heavy atom. The first-order valence-electron chi connectivity index (χ1n) is 10.4. The number of carboxylic acid groups (broad SMARTS) is 1. The van der Waals surface area contributed by atoms with E-state index >= 15 is 0 Å². The van der Waals surface area contributed by atoms with E-state index in [1.165, 1.54) is 0 Å². The minimum Gasteiger partial charge on any atom is -0.489 e. The Morgan fingerprint density at radius 2 is 1.75 bits per heavy atom. The van der Waals surface area contributed by atoms with Gasteiger partial charge < -0.3 is 19.3 Å². The van der Waals surface area contributed by atoms with Crippen molar-refractivity contribution in [2.45, 2.75) is 25.9 Å². The van der Waals surface area contributed by atoms with Gasteiger partial charge >= 0.3 is 5.97 Å². The molecule has 1 aliphatic heterocycles. The predicted molar refractivity (Wildman–Crippen MR) is 118 cm³/mol. The van der Waals surface area contributed by atoms with E-state index in [9.17, 15) is 14.7 Å². The molecule has 1 heterocycles. The summed E-state index contributed by atoms with van der Waals surface area (Å²) in [5, 5.41) is 9.36. The minimum absolute atomic E-state index is 0.127. The van der Waals surface area contributed by atoms with Crippen LogP contribution in [0, 0.1) is 5.92 Å². The molecule has 0 fully saturated rings. The van der Waals surface area contributed by atoms with Crippen LogP contribution in [0.25, 0.3) is 0 Å². The van der Waals surface area contributed by atoms with Crippen molar-refractivity contribution in [2.75, 3.05) is 6.79 Å². The average molecular weight is 432 g/mol. The molecule has 0 bridgehead atoms. The van der Waals surface area contributed by atoms with E-state index in [1.54, 1.807) is 31.2 Å². The van der Waals surface area contributed by atoms with Crippen LogP contribution >= 0.6 is 0 Å². The van der Waals surface area contributed by atoms with Crippen LogP contribution in [-0.2, 0) is 11.4 Å². The molecule has 0 amide bonds. The van der Waals surface area contributed by atoms with Crippen molar-refractivity contribution in [3.05, 3.63) is 89.5 Å². The number of carbonyl (C=O) groups is 2. The van der Waals surface area contributed by atoms with Crippen LogP contribution < -0.4 is 14.2 Å². The topological polar surface area (TPSA) is 82.1 Å². The number of Topliss-reactive ketones (excluding diaryl/α,β-unsaturated/α-hetero) is 1. The third-order valence-electron chi connectivity index (χ3n) is 5.49. The molecule has 164 valence electrons. The number of ketones is 1. The molecule has 0 saturated heterocycles. The van der Waals surface area contributed by atoms with Gasteiger partial charge in [-0.3, -0.25) is 9.59 Å². The normalized spacial score (nSPS) is 13.9. The lowest BCUT2D eigenvalue weighted by atomic mass is 9.84. The molecule has 0 saturated carbocycles. The molecule has 32 heavy (non-hydrogen) atoms. The van der Waals surface area contributed by atoms with Gasteiger partial charge in [0.15, 0.2) is 17.3 Å². The highest BCUT2D eigenvalue weighted by molar-refractivity contribution is 6.01. The first-order chi connectivity index (χ1) is 15.5. The molecule has 4 rings (SSSR count). The van der Waals surface area contributed by atoms with Crippen LogP contribution in [0.4, 0.5) is 0 Å². The summed E-state index contributed by atoms with van der Waals surface area (Å²) in [5.41, 5.74) is 2.21. The Morgan fingerprint density at radius 1 is 0.969 bits per heavy atom. The molecule has 0 spiro atoms. The summed E-state index contributed by atoms with van der Waals surface area (Å²) >= 11 is 0. The number of hydrogen-bond donors (Lipinski definition) is 1. The van der Waals surface area contributed by atoms with Gasteiger partial charge in [-0.05, 0) is 41.8 Å². The Labute approximate surface area is 186 Å². The number of carboxylic acids is 1. The van der Waals surface area contributed by atoms with Crippen LogP contribution in [0.5, 0.6) is 17.2 Å². The van der Waals surface area contributed by atoms with Crippen molar-refractivity contribution in [1.82, 2.24) is 0 Å². The Hall–Kier alpha value is -3.80. The molecule has 0 radical (unpaired) electrons. The molecule has 0 aliphatic carbocycles. The van der Waals surface area contributed by atoms with Gasteiger partial charge in [0.2, 0.25) is 6.79 Å². The molecule has 3 aromatic carbocycles. The quantitative estimate of drug-likeness (QED) is 0.475. The van der Waals surface area contributed by atoms with Crippen molar-refractivity contribution in [1.29, 1.82) is 0 Å². The molecule has 2 unspecified atom stereocenters. The molecule has 6 heteroatoms. The second kappa shape index (κ2) is 9.56.